The van der Waals surface area contributed by atoms with E-state index in [1.807, 2.05) is 30.3 Å². The fourth-order valence-corrected chi connectivity index (χ4v) is 10.1. The normalized spacial score (nSPS) is 12.8. The summed E-state index contributed by atoms with van der Waals surface area (Å²) in [7, 11) is -17.8. The lowest BCUT2D eigenvalue weighted by molar-refractivity contribution is 0.415. The number of nitrogens with one attached hydrogen (secondary N) is 1. The fraction of sp³-hybridized carbons (Fsp3) is 0.0213. The Kier molecular flexibility index (Phi) is 12.6. The summed E-state index contributed by atoms with van der Waals surface area (Å²) in [5, 5.41) is 41.3. The van der Waals surface area contributed by atoms with E-state index in [1.165, 1.54) is 42.5 Å². The van der Waals surface area contributed by atoms with Gasteiger partial charge in [-0.25, -0.2) is 0 Å². The number of benzene rings is 9. The van der Waals surface area contributed by atoms with Crippen molar-refractivity contribution in [3.05, 3.63) is 146 Å². The molecule has 0 unspecified atom stereocenters. The zero-order valence-electron chi connectivity index (χ0n) is 36.6. The van der Waals surface area contributed by atoms with Crippen LogP contribution in [0.4, 0.5) is 45.5 Å². The Bertz CT molecular complexity index is 4310. The van der Waals surface area contributed by atoms with Gasteiger partial charge in [-0.1, -0.05) is 30.3 Å². The average molecular weight is 1050 g/mol. The van der Waals surface area contributed by atoms with Crippen molar-refractivity contribution in [3.63, 3.8) is 0 Å². The number of nitrogens with zero attached hydrogens (tertiary/aromatic N) is 6. The summed E-state index contributed by atoms with van der Waals surface area (Å²) < 4.78 is 143. The number of rotatable bonds is 13. The summed E-state index contributed by atoms with van der Waals surface area (Å²) >= 11 is 0. The lowest BCUT2D eigenvalue weighted by Gasteiger charge is -2.10. The van der Waals surface area contributed by atoms with E-state index in [0.29, 0.717) is 16.5 Å². The fourth-order valence-electron chi connectivity index (χ4n) is 7.70. The van der Waals surface area contributed by atoms with Gasteiger partial charge < -0.3 is 15.2 Å². The third-order valence-electron chi connectivity index (χ3n) is 11.1. The number of phenols is 1. The highest BCUT2D eigenvalue weighted by molar-refractivity contribution is 7.86. The number of methoxy groups -OCH3 is 1. The van der Waals surface area contributed by atoms with Gasteiger partial charge in [-0.05, 0) is 121 Å². The first-order valence-electron chi connectivity index (χ1n) is 20.6. The third-order valence-corrected chi connectivity index (χ3v) is 14.6. The summed E-state index contributed by atoms with van der Waals surface area (Å²) in [6, 6.07) is 34.0. The molecular formula is C47H33N7O14S4. The van der Waals surface area contributed by atoms with Crippen LogP contribution in [0.25, 0.3) is 43.1 Å². The molecule has 0 fully saturated rings. The van der Waals surface area contributed by atoms with E-state index in [2.05, 4.69) is 36.0 Å². The van der Waals surface area contributed by atoms with Crippen molar-refractivity contribution >= 4 is 129 Å². The quantitative estimate of drug-likeness (QED) is 0.0462. The molecule has 9 aromatic rings. The number of ether oxygens (including phenoxy) is 1. The number of phenolic OH excluding ortho intramolecular Hbond substituents is 1. The molecule has 21 nitrogen and oxygen atoms in total. The van der Waals surface area contributed by atoms with Crippen LogP contribution in [0.15, 0.2) is 196 Å². The smallest absolute Gasteiger partial charge is 0.295 e. The lowest BCUT2D eigenvalue weighted by Crippen LogP contribution is -2.03. The topological polar surface area (TPSA) is 333 Å². The van der Waals surface area contributed by atoms with Crippen molar-refractivity contribution in [2.75, 3.05) is 12.4 Å². The molecule has 0 saturated carbocycles. The van der Waals surface area contributed by atoms with Crippen LogP contribution in [-0.4, -0.2) is 64.1 Å². The zero-order valence-corrected chi connectivity index (χ0v) is 39.8. The highest BCUT2D eigenvalue weighted by atomic mass is 32.2. The van der Waals surface area contributed by atoms with Gasteiger partial charge in [0, 0.05) is 49.1 Å². The van der Waals surface area contributed by atoms with Gasteiger partial charge in [0.05, 0.1) is 45.3 Å². The van der Waals surface area contributed by atoms with Gasteiger partial charge in [0.15, 0.2) is 5.75 Å². The monoisotopic (exact) mass is 1050 g/mol. The maximum Gasteiger partial charge on any atom is 0.295 e. The van der Waals surface area contributed by atoms with E-state index in [9.17, 15) is 57.0 Å². The second-order valence-electron chi connectivity index (χ2n) is 15.6. The summed E-state index contributed by atoms with van der Waals surface area (Å²) in [5.74, 6) is 0.513. The van der Waals surface area contributed by atoms with Crippen molar-refractivity contribution < 1.29 is 61.7 Å². The minimum atomic E-state index is -4.99. The molecular weight excluding hydrogens is 1010 g/mol. The van der Waals surface area contributed by atoms with Gasteiger partial charge in [0.1, 0.15) is 21.2 Å². The van der Waals surface area contributed by atoms with Crippen LogP contribution < -0.4 is 10.1 Å². The minimum absolute atomic E-state index is 0.00786. The van der Waals surface area contributed by atoms with Crippen LogP contribution in [0.2, 0.25) is 0 Å². The molecule has 0 aromatic heterocycles. The largest absolute Gasteiger partial charge is 0.505 e. The van der Waals surface area contributed by atoms with Crippen molar-refractivity contribution in [1.29, 1.82) is 0 Å². The molecule has 0 aliphatic carbocycles. The second kappa shape index (κ2) is 18.6. The SMILES string of the molecule is COc1ccc(Nc2ccc3c(O)c(N=Nc4ccc(N=Nc5ccc(N=Nc6cc(S(=O)(=O)O)c7cccc(S(=O)(=O)O)c7c6)c6ccc(S(=O)(=O)O)cc56)c5ccc(S(=O)(=O)O)cc45)ccc3c2)cc1. The Morgan fingerprint density at radius 1 is 0.403 bits per heavy atom. The Labute approximate surface area is 408 Å². The highest BCUT2D eigenvalue weighted by Crippen LogP contribution is 2.42. The summed E-state index contributed by atoms with van der Waals surface area (Å²) in [6.45, 7) is 0. The molecule has 0 saturated heterocycles. The number of hydrogen-bond acceptors (Lipinski definition) is 17. The van der Waals surface area contributed by atoms with Crippen molar-refractivity contribution in [2.24, 2.45) is 30.7 Å². The molecule has 0 aliphatic rings. The van der Waals surface area contributed by atoms with E-state index in [0.717, 1.165) is 59.9 Å². The van der Waals surface area contributed by atoms with E-state index >= 15 is 0 Å². The molecule has 9 aromatic carbocycles. The molecule has 0 heterocycles. The third kappa shape index (κ3) is 10.1. The molecule has 25 heteroatoms. The predicted octanol–water partition coefficient (Wildman–Crippen LogP) is 12.0. The van der Waals surface area contributed by atoms with Crippen molar-refractivity contribution in [2.45, 2.75) is 19.6 Å². The van der Waals surface area contributed by atoms with Crippen LogP contribution in [0.1, 0.15) is 0 Å². The number of hydrogen-bond donors (Lipinski definition) is 6. The van der Waals surface area contributed by atoms with E-state index in [4.69, 9.17) is 4.74 Å². The maximum atomic E-state index is 12.4. The average Bonchev–Trinajstić information content (AvgIpc) is 3.33. The van der Waals surface area contributed by atoms with Crippen LogP contribution >= 0.6 is 0 Å². The Hall–Kier alpha value is -8.14. The summed E-state index contributed by atoms with van der Waals surface area (Å²) in [4.78, 5) is -2.46. The summed E-state index contributed by atoms with van der Waals surface area (Å²) in [6.07, 6.45) is 0. The number of aromatic hydroxyl groups is 1. The molecule has 72 heavy (non-hydrogen) atoms. The Morgan fingerprint density at radius 2 is 0.889 bits per heavy atom. The first-order valence-corrected chi connectivity index (χ1v) is 26.3. The van der Waals surface area contributed by atoms with E-state index in [1.54, 1.807) is 31.4 Å². The van der Waals surface area contributed by atoms with Gasteiger partial charge in [-0.15, -0.1) is 25.6 Å². The zero-order chi connectivity index (χ0) is 51.3. The van der Waals surface area contributed by atoms with Crippen LogP contribution in [-0.2, 0) is 40.5 Å². The minimum Gasteiger partial charge on any atom is -0.505 e. The molecule has 0 bridgehead atoms. The van der Waals surface area contributed by atoms with Gasteiger partial charge in [-0.2, -0.15) is 38.8 Å². The number of fused-ring (bicyclic) bond motifs is 4. The van der Waals surface area contributed by atoms with Crippen LogP contribution in [0.3, 0.4) is 0 Å². The number of azo groups is 3. The second-order valence-corrected chi connectivity index (χ2v) is 21.3. The van der Waals surface area contributed by atoms with Gasteiger partial charge in [0.2, 0.25) is 0 Å². The molecule has 0 aliphatic heterocycles. The van der Waals surface area contributed by atoms with E-state index < -0.39 is 60.1 Å². The molecule has 6 N–H and O–H groups in total. The Balaban J connectivity index is 1.08. The molecule has 0 radical (unpaired) electrons. The van der Waals surface area contributed by atoms with Crippen molar-refractivity contribution in [3.8, 4) is 11.5 Å². The number of anilines is 2. The van der Waals surface area contributed by atoms with Crippen LogP contribution in [0.5, 0.6) is 11.5 Å². The van der Waals surface area contributed by atoms with E-state index in [-0.39, 0.29) is 72.2 Å². The molecule has 0 atom stereocenters. The van der Waals surface area contributed by atoms with Crippen LogP contribution in [0, 0.1) is 0 Å². The molecule has 364 valence electrons. The molecule has 0 spiro atoms. The van der Waals surface area contributed by atoms with Gasteiger partial charge in [0.25, 0.3) is 40.5 Å². The first-order chi connectivity index (χ1) is 34.0. The summed E-state index contributed by atoms with van der Waals surface area (Å²) in [5.41, 5.74) is 1.59. The lowest BCUT2D eigenvalue weighted by atomic mass is 10.1. The Morgan fingerprint density at radius 3 is 1.42 bits per heavy atom. The predicted molar refractivity (Wildman–Crippen MR) is 266 cm³/mol. The standard InChI is InChI=1S/C47H33N7O14S4/c1-68-30-9-6-27(7-10-30)48-28-8-13-33-26(21-28)5-16-44(47(33)55)54-53-43-20-18-41(35-15-12-32(25-38(35)43)70(59,60)61)51-52-42-19-17-40(34-14-11-31(24-37(34)42)69(56,57)58)50-49-29-22-39-36(46(23-29)72(65,66)67)3-2-4-45(39)71(62,63)64/h2-25,48,55H,1H3,(H,56,57,58)(H,59,60,61)(H,62,63,64)(H,65,66,67). The highest BCUT2D eigenvalue weighted by Gasteiger charge is 2.22. The van der Waals surface area contributed by atoms with Gasteiger partial charge in [-0.3, -0.25) is 18.2 Å². The first kappa shape index (κ1) is 48.9. The van der Waals surface area contributed by atoms with Gasteiger partial charge >= 0.3 is 0 Å². The maximum absolute atomic E-state index is 12.4. The van der Waals surface area contributed by atoms with Crippen molar-refractivity contribution in [1.82, 2.24) is 0 Å². The molecule has 9 rings (SSSR count). The molecule has 0 amide bonds.